The average Bonchev–Trinajstić information content (AvgIpc) is 3.47. The summed E-state index contributed by atoms with van der Waals surface area (Å²) in [5.74, 6) is 3.96. The minimum absolute atomic E-state index is 0.262. The Balaban J connectivity index is 0.956. The number of nitriles is 1. The number of nitrogens with one attached hydrogen (secondary N) is 3. The molecule has 42 heavy (non-hydrogen) atoms. The molecule has 10 heteroatoms. The second-order valence-electron chi connectivity index (χ2n) is 13.4. The van der Waals surface area contributed by atoms with Crippen molar-refractivity contribution < 1.29 is 9.47 Å². The van der Waals surface area contributed by atoms with Crippen LogP contribution in [-0.4, -0.2) is 59.3 Å². The van der Waals surface area contributed by atoms with Crippen LogP contribution in [0, 0.1) is 40.4 Å². The van der Waals surface area contributed by atoms with Gasteiger partial charge in [-0.3, -0.25) is 0 Å². The second-order valence-corrected chi connectivity index (χ2v) is 14.2. The lowest BCUT2D eigenvalue weighted by Crippen LogP contribution is -2.60. The van der Waals surface area contributed by atoms with Gasteiger partial charge in [0, 0.05) is 43.7 Å². The fraction of sp³-hybridized carbons (Fsp3) is 0.688. The minimum atomic E-state index is -0.262. The van der Waals surface area contributed by atoms with Gasteiger partial charge in [0.05, 0.1) is 19.4 Å². The molecule has 4 bridgehead atoms. The van der Waals surface area contributed by atoms with E-state index < -0.39 is 0 Å². The third-order valence-corrected chi connectivity index (χ3v) is 11.5. The number of aromatic nitrogens is 3. The Morgan fingerprint density at radius 2 is 1.86 bits per heavy atom. The molecule has 6 aliphatic rings. The molecule has 2 aromatic heterocycles. The molecule has 3 N–H and O–H groups in total. The zero-order chi connectivity index (χ0) is 28.6. The van der Waals surface area contributed by atoms with Gasteiger partial charge in [-0.25, -0.2) is 9.97 Å². The lowest BCUT2D eigenvalue weighted by atomic mass is 9.48. The maximum absolute atomic E-state index is 9.78. The van der Waals surface area contributed by atoms with Gasteiger partial charge in [-0.15, -0.1) is 11.8 Å². The number of hydrogen-bond acceptors (Lipinski definition) is 10. The summed E-state index contributed by atoms with van der Waals surface area (Å²) in [4.78, 5) is 13.6. The standard InChI is InChI=1S/C32H43N7O2S/c1-42-29-23(3-2-8-34-29)18-36-30-37-19-26(16-33)28(39-30)38-20-31-13-22-11-24(14-31)27(25(12-22)15-31)35-17-21-4-6-32(7-5-21)40-9-10-41-32/h2-3,8,19,21-22,24-25,27,35H,4-7,9-15,17-18,20H2,1H3,(H2,36,37,38,39)/t22?,24-,25+,27+,31?. The van der Waals surface area contributed by atoms with Crippen LogP contribution in [0.2, 0.25) is 0 Å². The number of rotatable bonds is 10. The lowest BCUT2D eigenvalue weighted by molar-refractivity contribution is -0.182. The highest BCUT2D eigenvalue weighted by Gasteiger charge is 2.55. The minimum Gasteiger partial charge on any atom is -0.368 e. The summed E-state index contributed by atoms with van der Waals surface area (Å²) in [5.41, 5.74) is 1.89. The van der Waals surface area contributed by atoms with Crippen molar-refractivity contribution in [3.05, 3.63) is 35.7 Å². The summed E-state index contributed by atoms with van der Waals surface area (Å²) in [6.07, 6.45) is 16.5. The molecular weight excluding hydrogens is 546 g/mol. The van der Waals surface area contributed by atoms with Crippen LogP contribution >= 0.6 is 11.8 Å². The predicted octanol–water partition coefficient (Wildman–Crippen LogP) is 5.21. The van der Waals surface area contributed by atoms with Crippen molar-refractivity contribution in [2.24, 2.45) is 29.1 Å². The van der Waals surface area contributed by atoms with E-state index in [9.17, 15) is 5.26 Å². The molecule has 224 valence electrons. The molecule has 1 aliphatic heterocycles. The molecule has 5 saturated carbocycles. The Morgan fingerprint density at radius 3 is 2.60 bits per heavy atom. The molecule has 5 atom stereocenters. The largest absolute Gasteiger partial charge is 0.368 e. The van der Waals surface area contributed by atoms with Gasteiger partial charge in [-0.2, -0.15) is 10.2 Å². The number of pyridine rings is 1. The van der Waals surface area contributed by atoms with Gasteiger partial charge in [0.15, 0.2) is 5.79 Å². The van der Waals surface area contributed by atoms with E-state index in [1.165, 1.54) is 44.9 Å². The van der Waals surface area contributed by atoms with Crippen molar-refractivity contribution in [2.45, 2.75) is 81.2 Å². The van der Waals surface area contributed by atoms with E-state index >= 15 is 0 Å². The zero-order valence-electron chi connectivity index (χ0n) is 24.6. The van der Waals surface area contributed by atoms with E-state index in [2.05, 4.69) is 38.1 Å². The van der Waals surface area contributed by atoms with Crippen molar-refractivity contribution in [2.75, 3.05) is 43.2 Å². The summed E-state index contributed by atoms with van der Waals surface area (Å²) >= 11 is 1.63. The van der Waals surface area contributed by atoms with Gasteiger partial charge < -0.3 is 25.4 Å². The van der Waals surface area contributed by atoms with Crippen LogP contribution in [0.4, 0.5) is 11.8 Å². The molecule has 0 radical (unpaired) electrons. The molecule has 2 unspecified atom stereocenters. The maximum atomic E-state index is 9.78. The molecule has 0 amide bonds. The molecule has 3 heterocycles. The Hall–Kier alpha value is -2.45. The molecule has 1 spiro atoms. The Kier molecular flexibility index (Phi) is 8.03. The molecular formula is C32H43N7O2S. The lowest BCUT2D eigenvalue weighted by Gasteiger charge is -2.60. The van der Waals surface area contributed by atoms with Crippen LogP contribution in [0.15, 0.2) is 29.6 Å². The van der Waals surface area contributed by atoms with Crippen LogP contribution in [0.1, 0.15) is 68.9 Å². The van der Waals surface area contributed by atoms with Gasteiger partial charge in [-0.05, 0) is 92.9 Å². The fourth-order valence-corrected chi connectivity index (χ4v) is 9.59. The summed E-state index contributed by atoms with van der Waals surface area (Å²) < 4.78 is 11.9. The second kappa shape index (κ2) is 11.9. The van der Waals surface area contributed by atoms with Crippen LogP contribution < -0.4 is 16.0 Å². The van der Waals surface area contributed by atoms with Crippen LogP contribution in [0.5, 0.6) is 0 Å². The smallest absolute Gasteiger partial charge is 0.224 e. The molecule has 9 nitrogen and oxygen atoms in total. The van der Waals surface area contributed by atoms with Crippen LogP contribution in [-0.2, 0) is 16.0 Å². The third kappa shape index (κ3) is 5.73. The molecule has 1 saturated heterocycles. The van der Waals surface area contributed by atoms with Crippen molar-refractivity contribution in [1.29, 1.82) is 5.26 Å². The highest BCUT2D eigenvalue weighted by Crippen LogP contribution is 2.60. The topological polar surface area (TPSA) is 117 Å². The maximum Gasteiger partial charge on any atom is 0.224 e. The Bertz CT molecular complexity index is 1290. The van der Waals surface area contributed by atoms with Gasteiger partial charge in [0.1, 0.15) is 22.5 Å². The van der Waals surface area contributed by atoms with Crippen molar-refractivity contribution >= 4 is 23.5 Å². The first-order valence-corrected chi connectivity index (χ1v) is 17.0. The Labute approximate surface area is 253 Å². The first-order valence-electron chi connectivity index (χ1n) is 15.8. The first kappa shape index (κ1) is 28.3. The van der Waals surface area contributed by atoms with E-state index in [1.54, 1.807) is 18.0 Å². The van der Waals surface area contributed by atoms with Crippen molar-refractivity contribution in [3.63, 3.8) is 0 Å². The van der Waals surface area contributed by atoms with Crippen molar-refractivity contribution in [3.8, 4) is 6.07 Å². The third-order valence-electron chi connectivity index (χ3n) is 10.7. The number of ether oxygens (including phenoxy) is 2. The van der Waals surface area contributed by atoms with Gasteiger partial charge in [0.25, 0.3) is 0 Å². The van der Waals surface area contributed by atoms with Gasteiger partial charge in [0.2, 0.25) is 5.95 Å². The van der Waals surface area contributed by atoms with Crippen LogP contribution in [0.25, 0.3) is 0 Å². The normalized spacial score (nSPS) is 31.3. The molecule has 0 aromatic carbocycles. The number of nitrogens with zero attached hydrogens (tertiary/aromatic N) is 4. The number of thioether (sulfide) groups is 1. The summed E-state index contributed by atoms with van der Waals surface area (Å²) in [6, 6.07) is 6.95. The summed E-state index contributed by atoms with van der Waals surface area (Å²) in [5, 5.41) is 21.8. The van der Waals surface area contributed by atoms with E-state index in [0.29, 0.717) is 29.9 Å². The fourth-order valence-electron chi connectivity index (χ4n) is 9.02. The van der Waals surface area contributed by atoms with E-state index in [0.717, 1.165) is 73.4 Å². The van der Waals surface area contributed by atoms with Crippen LogP contribution in [0.3, 0.4) is 0 Å². The highest BCUT2D eigenvalue weighted by atomic mass is 32.2. The zero-order valence-corrected chi connectivity index (χ0v) is 25.4. The number of anilines is 2. The molecule has 2 aromatic rings. The monoisotopic (exact) mass is 589 g/mol. The molecule has 6 fully saturated rings. The van der Waals surface area contributed by atoms with Crippen molar-refractivity contribution in [1.82, 2.24) is 20.3 Å². The Morgan fingerprint density at radius 1 is 1.07 bits per heavy atom. The average molecular weight is 590 g/mol. The summed E-state index contributed by atoms with van der Waals surface area (Å²) in [6.45, 7) is 4.10. The molecule has 5 aliphatic carbocycles. The molecule has 8 rings (SSSR count). The summed E-state index contributed by atoms with van der Waals surface area (Å²) in [7, 11) is 0. The van der Waals surface area contributed by atoms with E-state index in [-0.39, 0.29) is 11.2 Å². The quantitative estimate of drug-likeness (QED) is 0.319. The highest BCUT2D eigenvalue weighted by molar-refractivity contribution is 7.98. The first-order chi connectivity index (χ1) is 20.6. The SMILES string of the molecule is CSc1ncccc1CNc1ncc(C#N)c(NCC23CC4C[C@H](C2)[C@H](NCC2CCC5(CC2)OCCO5)[C@@H](C4)C3)n1. The van der Waals surface area contributed by atoms with Gasteiger partial charge in [-0.1, -0.05) is 6.07 Å². The van der Waals surface area contributed by atoms with Gasteiger partial charge >= 0.3 is 0 Å². The van der Waals surface area contributed by atoms with E-state index in [4.69, 9.17) is 14.5 Å². The predicted molar refractivity (Wildman–Crippen MR) is 163 cm³/mol. The van der Waals surface area contributed by atoms with E-state index in [1.807, 2.05) is 18.5 Å². The number of hydrogen-bond donors (Lipinski definition) is 3.